The van der Waals surface area contributed by atoms with E-state index in [1.807, 2.05) is 11.9 Å². The second-order valence-corrected chi connectivity index (χ2v) is 8.57. The summed E-state index contributed by atoms with van der Waals surface area (Å²) in [6, 6.07) is 1.21. The Labute approximate surface area is 194 Å². The van der Waals surface area contributed by atoms with Crippen LogP contribution >= 0.6 is 24.2 Å². The predicted octanol–water partition coefficient (Wildman–Crippen LogP) is 0.450. The molecule has 32 heavy (non-hydrogen) atoms. The summed E-state index contributed by atoms with van der Waals surface area (Å²) in [4.78, 5) is 28.8. The lowest BCUT2D eigenvalue weighted by Gasteiger charge is -2.36. The number of carboxylic acids is 1. The number of carboxylic acid groups (broad SMARTS) is 1. The Hall–Kier alpha value is -1.89. The first-order valence-corrected chi connectivity index (χ1v) is 10.9. The van der Waals surface area contributed by atoms with Crippen molar-refractivity contribution in [3.63, 3.8) is 0 Å². The number of rotatable bonds is 4. The molecule has 2 aliphatic rings. The van der Waals surface area contributed by atoms with Gasteiger partial charge in [-0.2, -0.15) is 0 Å². The Morgan fingerprint density at radius 3 is 2.34 bits per heavy atom. The van der Waals surface area contributed by atoms with Crippen LogP contribution in [-0.4, -0.2) is 94.2 Å². The summed E-state index contributed by atoms with van der Waals surface area (Å²) in [7, 11) is 2.04. The number of hydrogen-bond acceptors (Lipinski definition) is 8. The maximum Gasteiger partial charge on any atom is 0.341 e. The van der Waals surface area contributed by atoms with Crippen LogP contribution in [0.3, 0.4) is 0 Å². The maximum atomic E-state index is 15.0. The van der Waals surface area contributed by atoms with Gasteiger partial charge in [0.2, 0.25) is 5.43 Å². The van der Waals surface area contributed by atoms with E-state index in [1.54, 1.807) is 4.57 Å². The molecule has 0 atom stereocenters. The van der Waals surface area contributed by atoms with Gasteiger partial charge in [-0.05, 0) is 13.1 Å². The second-order valence-electron chi connectivity index (χ2n) is 7.46. The predicted molar refractivity (Wildman–Crippen MR) is 123 cm³/mol. The van der Waals surface area contributed by atoms with Crippen LogP contribution in [0, 0.1) is 5.82 Å². The quantitative estimate of drug-likeness (QED) is 0.482. The highest BCUT2D eigenvalue weighted by atomic mass is 35.5. The molecule has 0 aliphatic carbocycles. The average Bonchev–Trinajstić information content (AvgIpc) is 2.76. The van der Waals surface area contributed by atoms with Crippen molar-refractivity contribution in [3.05, 3.63) is 33.9 Å². The van der Waals surface area contributed by atoms with Crippen molar-refractivity contribution in [3.8, 4) is 0 Å². The fraction of sp³-hybridized carbons (Fsp3) is 0.500. The van der Waals surface area contributed by atoms with E-state index < -0.39 is 23.3 Å². The molecule has 2 aliphatic heterocycles. The minimum absolute atomic E-state index is 0. The van der Waals surface area contributed by atoms with Crippen LogP contribution in [0.1, 0.15) is 10.4 Å². The molecule has 4 N–H and O–H groups in total. The van der Waals surface area contributed by atoms with E-state index in [0.29, 0.717) is 23.5 Å². The van der Waals surface area contributed by atoms with Crippen molar-refractivity contribution in [2.75, 3.05) is 57.1 Å². The minimum atomic E-state index is -1.28. The molecule has 0 amide bonds. The number of aromatic nitrogens is 1. The number of aliphatic hydroxyl groups excluding tert-OH is 3. The van der Waals surface area contributed by atoms with Crippen LogP contribution in [0.2, 0.25) is 0 Å². The van der Waals surface area contributed by atoms with E-state index in [2.05, 4.69) is 4.90 Å². The van der Waals surface area contributed by atoms with E-state index in [9.17, 15) is 19.1 Å². The number of aliphatic hydroxyl groups is 3. The Morgan fingerprint density at radius 1 is 1.19 bits per heavy atom. The minimum Gasteiger partial charge on any atom is -0.477 e. The lowest BCUT2D eigenvalue weighted by atomic mass is 10.1. The normalized spacial score (nSPS) is 15.9. The highest BCUT2D eigenvalue weighted by Crippen LogP contribution is 2.41. The molecular weight excluding hydrogens is 465 g/mol. The number of aromatic carboxylic acids is 1. The topological polar surface area (TPSA) is 126 Å². The van der Waals surface area contributed by atoms with Gasteiger partial charge in [-0.1, -0.05) is 0 Å². The van der Waals surface area contributed by atoms with E-state index in [0.717, 1.165) is 31.1 Å². The molecule has 2 aromatic rings. The summed E-state index contributed by atoms with van der Waals surface area (Å²) < 4.78 is 16.7. The Balaban J connectivity index is 0.000000461. The van der Waals surface area contributed by atoms with Crippen LogP contribution in [0.25, 0.3) is 10.9 Å². The molecule has 12 heteroatoms. The zero-order chi connectivity index (χ0) is 22.7. The average molecular weight is 492 g/mol. The molecule has 9 nitrogen and oxygen atoms in total. The second kappa shape index (κ2) is 11.3. The number of benzene rings is 1. The van der Waals surface area contributed by atoms with Gasteiger partial charge in [0.05, 0.1) is 34.7 Å². The van der Waals surface area contributed by atoms with Gasteiger partial charge in [0, 0.05) is 44.7 Å². The summed E-state index contributed by atoms with van der Waals surface area (Å²) in [6.45, 7) is 3.03. The molecule has 4 rings (SSSR count). The monoisotopic (exact) mass is 491 g/mol. The third kappa shape index (κ3) is 5.36. The largest absolute Gasteiger partial charge is 0.477 e. The maximum absolute atomic E-state index is 15.0. The highest BCUT2D eigenvalue weighted by molar-refractivity contribution is 7.99. The summed E-state index contributed by atoms with van der Waals surface area (Å²) >= 11 is 1.54. The van der Waals surface area contributed by atoms with Crippen LogP contribution in [0.5, 0.6) is 0 Å². The number of likely N-dealkylation sites (N-methyl/N-ethyl adjacent to an activating group) is 1. The summed E-state index contributed by atoms with van der Waals surface area (Å²) in [5.41, 5.74) is 0.270. The van der Waals surface area contributed by atoms with E-state index in [4.69, 9.17) is 15.3 Å². The first-order chi connectivity index (χ1) is 14.8. The van der Waals surface area contributed by atoms with Gasteiger partial charge in [0.25, 0.3) is 0 Å². The first kappa shape index (κ1) is 26.4. The van der Waals surface area contributed by atoms with Crippen molar-refractivity contribution in [2.24, 2.45) is 0 Å². The lowest BCUT2D eigenvalue weighted by Crippen LogP contribution is -2.45. The molecular formula is C20H27ClFN3O6S. The van der Waals surface area contributed by atoms with Crippen LogP contribution in [0.15, 0.2) is 22.0 Å². The van der Waals surface area contributed by atoms with Crippen LogP contribution < -0.4 is 10.3 Å². The van der Waals surface area contributed by atoms with Gasteiger partial charge >= 0.3 is 5.97 Å². The molecule has 0 bridgehead atoms. The molecule has 1 fully saturated rings. The highest BCUT2D eigenvalue weighted by Gasteiger charge is 2.28. The number of thioether (sulfide) groups is 1. The Bertz CT molecular complexity index is 1020. The number of hydrogen-bond donors (Lipinski definition) is 4. The molecule has 1 aromatic heterocycles. The third-order valence-electron chi connectivity index (χ3n) is 5.29. The van der Waals surface area contributed by atoms with Crippen molar-refractivity contribution < 1.29 is 29.6 Å². The van der Waals surface area contributed by atoms with Gasteiger partial charge in [0.15, 0.2) is 0 Å². The molecule has 1 aromatic carbocycles. The number of piperazine rings is 1. The van der Waals surface area contributed by atoms with Crippen LogP contribution in [-0.2, 0) is 6.54 Å². The zero-order valence-electron chi connectivity index (χ0n) is 17.5. The number of halogens is 2. The van der Waals surface area contributed by atoms with E-state index >= 15 is 0 Å². The number of carbonyl (C=O) groups is 1. The number of pyridine rings is 1. The van der Waals surface area contributed by atoms with Gasteiger partial charge in [-0.25, -0.2) is 9.18 Å². The van der Waals surface area contributed by atoms with Gasteiger partial charge in [-0.3, -0.25) is 4.79 Å². The van der Waals surface area contributed by atoms with E-state index in [-0.39, 0.29) is 36.6 Å². The van der Waals surface area contributed by atoms with Crippen molar-refractivity contribution in [2.45, 2.75) is 17.5 Å². The van der Waals surface area contributed by atoms with Gasteiger partial charge in [-0.15, -0.1) is 24.2 Å². The van der Waals surface area contributed by atoms with Crippen LogP contribution in [0.4, 0.5) is 10.1 Å². The molecule has 178 valence electrons. The fourth-order valence-corrected chi connectivity index (χ4v) is 4.80. The lowest BCUT2D eigenvalue weighted by molar-refractivity contribution is 0.0450. The Kier molecular flexibility index (Phi) is 9.31. The third-order valence-corrected chi connectivity index (χ3v) is 6.36. The molecule has 1 saturated heterocycles. The molecule has 0 saturated carbocycles. The van der Waals surface area contributed by atoms with Crippen molar-refractivity contribution >= 4 is 46.7 Å². The Morgan fingerprint density at radius 2 is 1.81 bits per heavy atom. The smallest absolute Gasteiger partial charge is 0.341 e. The molecule has 0 spiro atoms. The standard InChI is InChI=1S/C17H18FN3O3S.C3H8O3.ClH/c1-19-2-4-20(5-3-19)14-12(18)8-10-13-16(14)25-7-6-21(13)9-11(15(10)22)17(23)24;4-1-3(6)2-5;/h8-9H,2-7H2,1H3,(H,23,24);3-6H,1-2H2;1H. The van der Waals surface area contributed by atoms with Gasteiger partial charge < -0.3 is 34.8 Å². The summed E-state index contributed by atoms with van der Waals surface area (Å²) in [5.74, 6) is -1.01. The molecule has 3 heterocycles. The first-order valence-electron chi connectivity index (χ1n) is 9.87. The fourth-order valence-electron chi connectivity index (χ4n) is 3.58. The van der Waals surface area contributed by atoms with Crippen molar-refractivity contribution in [1.82, 2.24) is 9.47 Å². The number of aryl methyl sites for hydroxylation is 1. The van der Waals surface area contributed by atoms with Crippen molar-refractivity contribution in [1.29, 1.82) is 0 Å². The van der Waals surface area contributed by atoms with Gasteiger partial charge in [0.1, 0.15) is 17.5 Å². The summed E-state index contributed by atoms with van der Waals surface area (Å²) in [5, 5.41) is 33.4. The molecule has 0 radical (unpaired) electrons. The molecule has 0 unspecified atom stereocenters. The number of nitrogens with zero attached hydrogens (tertiary/aromatic N) is 3. The SMILES string of the molecule is CN1CCN(c2c(F)cc3c(=O)c(C(=O)O)cn4c3c2SCC4)CC1.Cl.OCC(O)CO. The summed E-state index contributed by atoms with van der Waals surface area (Å²) in [6.07, 6.45) is 0.437. The number of anilines is 1. The zero-order valence-corrected chi connectivity index (χ0v) is 19.2. The van der Waals surface area contributed by atoms with E-state index in [1.165, 1.54) is 24.0 Å².